The summed E-state index contributed by atoms with van der Waals surface area (Å²) in [7, 11) is 0. The van der Waals surface area contributed by atoms with Crippen LogP contribution in [0.25, 0.3) is 0 Å². The number of aromatic hydroxyl groups is 1. The average Bonchev–Trinajstić information content (AvgIpc) is 2.58. The summed E-state index contributed by atoms with van der Waals surface area (Å²) in [5, 5.41) is 28.2. The van der Waals surface area contributed by atoms with Crippen molar-refractivity contribution in [3.05, 3.63) is 28.0 Å². The smallest absolute Gasteiger partial charge is 0.253 e. The van der Waals surface area contributed by atoms with Crippen LogP contribution in [0, 0.1) is 18.7 Å². The van der Waals surface area contributed by atoms with Gasteiger partial charge in [-0.2, -0.15) is 0 Å². The molecule has 0 radical (unpaired) electrons. The fourth-order valence-electron chi connectivity index (χ4n) is 3.07. The van der Waals surface area contributed by atoms with Gasteiger partial charge < -0.3 is 26.0 Å². The molecule has 24 heavy (non-hydrogen) atoms. The van der Waals surface area contributed by atoms with Crippen LogP contribution in [0.1, 0.15) is 30.0 Å². The molecule has 0 unspecified atom stereocenters. The summed E-state index contributed by atoms with van der Waals surface area (Å²) >= 11 is 5.91. The Balaban J connectivity index is 2.10. The molecule has 1 aliphatic heterocycles. The number of aliphatic hydroxyl groups is 2. The molecule has 2 atom stereocenters. The van der Waals surface area contributed by atoms with E-state index >= 15 is 0 Å². The second-order valence-electron chi connectivity index (χ2n) is 6.14. The topological polar surface area (TPSA) is 107 Å². The number of piperidine rings is 1. The highest BCUT2D eigenvalue weighted by Gasteiger charge is 2.32. The highest BCUT2D eigenvalue weighted by atomic mass is 35.5. The van der Waals surface area contributed by atoms with Gasteiger partial charge in [-0.05, 0) is 37.3 Å². The summed E-state index contributed by atoms with van der Waals surface area (Å²) in [4.78, 5) is 13.3. The number of nitrogens with two attached hydrogens (primary N) is 1. The normalized spacial score (nSPS) is 18.5. The fourth-order valence-corrected chi connectivity index (χ4v) is 3.23. The summed E-state index contributed by atoms with van der Waals surface area (Å²) in [6.45, 7) is 1.66. The maximum Gasteiger partial charge on any atom is 0.253 e. The first-order valence-electron chi connectivity index (χ1n) is 7.78. The number of carbonyl (C=O) groups excluding carboxylic acids is 1. The lowest BCUT2D eigenvalue weighted by Gasteiger charge is -2.35. The van der Waals surface area contributed by atoms with E-state index in [1.54, 1.807) is 6.92 Å². The van der Waals surface area contributed by atoms with Gasteiger partial charge in [-0.3, -0.25) is 4.79 Å². The standard InChI is InChI=1S/C16H22ClFN2O4/c1-8-6-10(22)12(14(18)13(8)17)15(19)9-2-4-20(5-3-9)16(24)11(23)7-21/h6,9,11,15,21-23H,2-5,7,19H2,1H3/t11-,15-/m1/s1. The van der Waals surface area contributed by atoms with Crippen LogP contribution in [-0.4, -0.2) is 51.9 Å². The van der Waals surface area contributed by atoms with Gasteiger partial charge in [0.25, 0.3) is 5.91 Å². The monoisotopic (exact) mass is 360 g/mol. The first kappa shape index (κ1) is 18.9. The number of hydrogen-bond donors (Lipinski definition) is 4. The highest BCUT2D eigenvalue weighted by Crippen LogP contribution is 2.38. The van der Waals surface area contributed by atoms with E-state index in [0.29, 0.717) is 31.5 Å². The Hall–Kier alpha value is -1.41. The minimum absolute atomic E-state index is 0.00855. The van der Waals surface area contributed by atoms with Crippen molar-refractivity contribution in [2.24, 2.45) is 11.7 Å². The highest BCUT2D eigenvalue weighted by molar-refractivity contribution is 6.31. The summed E-state index contributed by atoms with van der Waals surface area (Å²) in [5.74, 6) is -1.61. The third kappa shape index (κ3) is 3.64. The van der Waals surface area contributed by atoms with Crippen molar-refractivity contribution >= 4 is 17.5 Å². The van der Waals surface area contributed by atoms with Crippen molar-refractivity contribution in [3.63, 3.8) is 0 Å². The Labute approximate surface area is 144 Å². The molecule has 0 spiro atoms. The number of phenols is 1. The van der Waals surface area contributed by atoms with Gasteiger partial charge in [-0.25, -0.2) is 4.39 Å². The molecule has 0 saturated carbocycles. The Morgan fingerprint density at radius 3 is 2.62 bits per heavy atom. The third-order valence-corrected chi connectivity index (χ3v) is 5.02. The first-order chi connectivity index (χ1) is 11.3. The van der Waals surface area contributed by atoms with E-state index in [-0.39, 0.29) is 22.3 Å². The molecule has 5 N–H and O–H groups in total. The number of halogens is 2. The SMILES string of the molecule is Cc1cc(O)c([C@H](N)C2CCN(C(=O)[C@H](O)CO)CC2)c(F)c1Cl. The summed E-state index contributed by atoms with van der Waals surface area (Å²) in [6, 6.07) is 0.639. The molecule has 0 aromatic heterocycles. The molecule has 6 nitrogen and oxygen atoms in total. The van der Waals surface area contributed by atoms with Gasteiger partial charge in [-0.15, -0.1) is 0 Å². The van der Waals surface area contributed by atoms with Crippen LogP contribution < -0.4 is 5.73 Å². The number of likely N-dealkylation sites (tertiary alicyclic amines) is 1. The lowest BCUT2D eigenvalue weighted by molar-refractivity contribution is -0.143. The second kappa shape index (κ2) is 7.65. The van der Waals surface area contributed by atoms with Crippen LogP contribution in [0.15, 0.2) is 6.07 Å². The van der Waals surface area contributed by atoms with Gasteiger partial charge in [0.2, 0.25) is 0 Å². The molecule has 8 heteroatoms. The zero-order valence-corrected chi connectivity index (χ0v) is 14.1. The fraction of sp³-hybridized carbons (Fsp3) is 0.562. The minimum atomic E-state index is -1.42. The van der Waals surface area contributed by atoms with Crippen molar-refractivity contribution in [1.82, 2.24) is 4.90 Å². The van der Waals surface area contributed by atoms with Crippen LogP contribution in [-0.2, 0) is 4.79 Å². The molecular formula is C16H22ClFN2O4. The molecule has 134 valence electrons. The molecule has 1 aromatic rings. The van der Waals surface area contributed by atoms with Crippen molar-refractivity contribution in [2.75, 3.05) is 19.7 Å². The minimum Gasteiger partial charge on any atom is -0.507 e. The number of aliphatic hydroxyl groups excluding tert-OH is 2. The Morgan fingerprint density at radius 2 is 2.08 bits per heavy atom. The Morgan fingerprint density at radius 1 is 1.50 bits per heavy atom. The van der Waals surface area contributed by atoms with Gasteiger partial charge in [0, 0.05) is 24.7 Å². The van der Waals surface area contributed by atoms with Crippen LogP contribution in [0.3, 0.4) is 0 Å². The van der Waals surface area contributed by atoms with Crippen LogP contribution >= 0.6 is 11.6 Å². The molecule has 2 rings (SSSR count). The average molecular weight is 361 g/mol. The number of aryl methyl sites for hydroxylation is 1. The van der Waals surface area contributed by atoms with Crippen LogP contribution in [0.5, 0.6) is 5.75 Å². The number of carbonyl (C=O) groups is 1. The Bertz CT molecular complexity index is 621. The van der Waals surface area contributed by atoms with Gasteiger partial charge in [-0.1, -0.05) is 11.6 Å². The first-order valence-corrected chi connectivity index (χ1v) is 8.16. The second-order valence-corrected chi connectivity index (χ2v) is 6.52. The van der Waals surface area contributed by atoms with E-state index < -0.39 is 30.5 Å². The van der Waals surface area contributed by atoms with Crippen LogP contribution in [0.4, 0.5) is 4.39 Å². The lowest BCUT2D eigenvalue weighted by Crippen LogP contribution is -2.46. The summed E-state index contributed by atoms with van der Waals surface area (Å²) in [6.07, 6.45) is -0.433. The molecule has 1 saturated heterocycles. The number of phenolic OH excluding ortho intramolecular Hbond substituents is 1. The molecule has 1 heterocycles. The number of amides is 1. The maximum absolute atomic E-state index is 14.4. The van der Waals surface area contributed by atoms with E-state index in [2.05, 4.69) is 0 Å². The molecular weight excluding hydrogens is 339 g/mol. The number of hydrogen-bond acceptors (Lipinski definition) is 5. The quantitative estimate of drug-likeness (QED) is 0.643. The molecule has 1 fully saturated rings. The van der Waals surface area contributed by atoms with Crippen molar-refractivity contribution < 1.29 is 24.5 Å². The Kier molecular flexibility index (Phi) is 6.03. The van der Waals surface area contributed by atoms with Crippen molar-refractivity contribution in [1.29, 1.82) is 0 Å². The summed E-state index contributed by atoms with van der Waals surface area (Å²) < 4.78 is 14.4. The van der Waals surface area contributed by atoms with E-state index in [1.165, 1.54) is 11.0 Å². The molecule has 0 aliphatic carbocycles. The number of nitrogens with zero attached hydrogens (tertiary/aromatic N) is 1. The van der Waals surface area contributed by atoms with Gasteiger partial charge in [0.15, 0.2) is 11.9 Å². The third-order valence-electron chi connectivity index (χ3n) is 4.56. The zero-order valence-electron chi connectivity index (χ0n) is 13.4. The maximum atomic E-state index is 14.4. The molecule has 1 aromatic carbocycles. The van der Waals surface area contributed by atoms with E-state index in [1.807, 2.05) is 0 Å². The predicted octanol–water partition coefficient (Wildman–Crippen LogP) is 1.08. The van der Waals surface area contributed by atoms with Gasteiger partial charge >= 0.3 is 0 Å². The zero-order chi connectivity index (χ0) is 18.0. The van der Waals surface area contributed by atoms with E-state index in [4.69, 9.17) is 22.4 Å². The molecule has 1 aliphatic rings. The van der Waals surface area contributed by atoms with Crippen LogP contribution in [0.2, 0.25) is 5.02 Å². The largest absolute Gasteiger partial charge is 0.507 e. The van der Waals surface area contributed by atoms with E-state index in [9.17, 15) is 19.4 Å². The lowest BCUT2D eigenvalue weighted by atomic mass is 9.85. The number of benzene rings is 1. The van der Waals surface area contributed by atoms with Crippen molar-refractivity contribution in [3.8, 4) is 5.75 Å². The van der Waals surface area contributed by atoms with E-state index in [0.717, 1.165) is 0 Å². The van der Waals surface area contributed by atoms with Gasteiger partial charge in [0.1, 0.15) is 5.75 Å². The predicted molar refractivity (Wildman–Crippen MR) is 87.1 cm³/mol. The van der Waals surface area contributed by atoms with Crippen molar-refractivity contribution in [2.45, 2.75) is 31.9 Å². The number of rotatable bonds is 4. The molecule has 1 amide bonds. The van der Waals surface area contributed by atoms with Gasteiger partial charge in [0.05, 0.1) is 11.6 Å². The summed E-state index contributed by atoms with van der Waals surface area (Å²) in [5.41, 5.74) is 6.57. The molecule has 0 bridgehead atoms.